The molecule has 5 nitrogen and oxygen atoms in total. The number of thioether (sulfide) groups is 1. The topological polar surface area (TPSA) is 74.8 Å². The first kappa shape index (κ1) is 20.2. The van der Waals surface area contributed by atoms with Crippen LogP contribution in [0.4, 0.5) is 0 Å². The summed E-state index contributed by atoms with van der Waals surface area (Å²) in [6.45, 7) is 2.21. The summed E-state index contributed by atoms with van der Waals surface area (Å²) in [5.74, 6) is 2.13. The van der Waals surface area contributed by atoms with Crippen LogP contribution in [0, 0.1) is 5.92 Å². The Balaban J connectivity index is 1.39. The van der Waals surface area contributed by atoms with Crippen molar-refractivity contribution in [1.29, 1.82) is 0 Å². The minimum Gasteiger partial charge on any atom is -0.352 e. The Morgan fingerprint density at radius 1 is 1.28 bits per heavy atom. The van der Waals surface area contributed by atoms with Gasteiger partial charge in [-0.3, -0.25) is 9.59 Å². The molecule has 152 valence electrons. The molecule has 3 aromatic rings. The SMILES string of the molecule is C[C@@H]1CCCC[C@H]1NC(=O)CSCc1nc2scc(-c3ccccc3)c2c(=O)[nH]1. The lowest BCUT2D eigenvalue weighted by molar-refractivity contribution is -0.119. The molecule has 4 rings (SSSR count). The maximum Gasteiger partial charge on any atom is 0.260 e. The monoisotopic (exact) mass is 427 g/mol. The number of amides is 1. The zero-order valence-corrected chi connectivity index (χ0v) is 18.1. The average Bonchev–Trinajstić information content (AvgIpc) is 3.15. The molecule has 0 unspecified atom stereocenters. The molecular formula is C22H25N3O2S2. The van der Waals surface area contributed by atoms with Crippen molar-refractivity contribution in [2.75, 3.05) is 5.75 Å². The lowest BCUT2D eigenvalue weighted by atomic mass is 9.86. The van der Waals surface area contributed by atoms with Crippen molar-refractivity contribution >= 4 is 39.2 Å². The zero-order chi connectivity index (χ0) is 20.2. The van der Waals surface area contributed by atoms with E-state index < -0.39 is 0 Å². The molecule has 1 fully saturated rings. The van der Waals surface area contributed by atoms with Crippen LogP contribution in [-0.4, -0.2) is 27.7 Å². The first-order chi connectivity index (χ1) is 14.1. The Morgan fingerprint density at radius 2 is 2.07 bits per heavy atom. The lowest BCUT2D eigenvalue weighted by Crippen LogP contribution is -2.41. The fourth-order valence-corrected chi connectivity index (χ4v) is 5.58. The van der Waals surface area contributed by atoms with Crippen molar-refractivity contribution < 1.29 is 4.79 Å². The van der Waals surface area contributed by atoms with Gasteiger partial charge in [0.1, 0.15) is 10.7 Å². The highest BCUT2D eigenvalue weighted by Crippen LogP contribution is 2.30. The van der Waals surface area contributed by atoms with E-state index in [9.17, 15) is 9.59 Å². The van der Waals surface area contributed by atoms with Crippen LogP contribution >= 0.6 is 23.1 Å². The molecule has 1 saturated carbocycles. The van der Waals surface area contributed by atoms with Gasteiger partial charge in [0.05, 0.1) is 16.9 Å². The van der Waals surface area contributed by atoms with Crippen LogP contribution in [0.2, 0.25) is 0 Å². The van der Waals surface area contributed by atoms with Gasteiger partial charge in [-0.1, -0.05) is 50.1 Å². The van der Waals surface area contributed by atoms with Crippen LogP contribution < -0.4 is 10.9 Å². The molecule has 1 amide bonds. The van der Waals surface area contributed by atoms with Gasteiger partial charge < -0.3 is 10.3 Å². The molecule has 2 N–H and O–H groups in total. The van der Waals surface area contributed by atoms with Gasteiger partial charge in [-0.05, 0) is 24.3 Å². The Bertz CT molecular complexity index is 1050. The maximum atomic E-state index is 12.7. The molecule has 29 heavy (non-hydrogen) atoms. The van der Waals surface area contributed by atoms with Gasteiger partial charge in [0, 0.05) is 17.0 Å². The number of thiophene rings is 1. The highest BCUT2D eigenvalue weighted by Gasteiger charge is 2.22. The Labute approximate surface area is 178 Å². The number of aromatic amines is 1. The van der Waals surface area contributed by atoms with Gasteiger partial charge in [-0.25, -0.2) is 4.98 Å². The molecule has 0 saturated heterocycles. The summed E-state index contributed by atoms with van der Waals surface area (Å²) >= 11 is 2.97. The molecule has 0 spiro atoms. The van der Waals surface area contributed by atoms with Gasteiger partial charge >= 0.3 is 0 Å². The minimum atomic E-state index is -0.119. The van der Waals surface area contributed by atoms with Gasteiger partial charge in [0.2, 0.25) is 5.91 Å². The number of rotatable bonds is 6. The minimum absolute atomic E-state index is 0.0691. The quantitative estimate of drug-likeness (QED) is 0.604. The van der Waals surface area contributed by atoms with E-state index >= 15 is 0 Å². The summed E-state index contributed by atoms with van der Waals surface area (Å²) in [6, 6.07) is 10.2. The third-order valence-electron chi connectivity index (χ3n) is 5.51. The summed E-state index contributed by atoms with van der Waals surface area (Å²) in [4.78, 5) is 33.2. The number of carbonyl (C=O) groups is 1. The highest BCUT2D eigenvalue weighted by atomic mass is 32.2. The van der Waals surface area contributed by atoms with E-state index in [2.05, 4.69) is 22.2 Å². The average molecular weight is 428 g/mol. The largest absolute Gasteiger partial charge is 0.352 e. The molecule has 1 aromatic carbocycles. The van der Waals surface area contributed by atoms with Crippen molar-refractivity contribution in [2.24, 2.45) is 5.92 Å². The zero-order valence-electron chi connectivity index (χ0n) is 16.4. The van der Waals surface area contributed by atoms with Crippen LogP contribution in [0.5, 0.6) is 0 Å². The van der Waals surface area contributed by atoms with E-state index in [0.717, 1.165) is 22.4 Å². The molecular weight excluding hydrogens is 402 g/mol. The smallest absolute Gasteiger partial charge is 0.260 e. The molecule has 7 heteroatoms. The van der Waals surface area contributed by atoms with Crippen molar-refractivity contribution in [3.05, 3.63) is 51.9 Å². The van der Waals surface area contributed by atoms with E-state index in [1.54, 1.807) is 0 Å². The van der Waals surface area contributed by atoms with Crippen molar-refractivity contribution in [3.8, 4) is 11.1 Å². The van der Waals surface area contributed by atoms with E-state index in [0.29, 0.717) is 34.7 Å². The Hall–Kier alpha value is -2.12. The second-order valence-corrected chi connectivity index (χ2v) is 9.48. The number of aromatic nitrogens is 2. The van der Waals surface area contributed by atoms with Crippen LogP contribution in [-0.2, 0) is 10.5 Å². The fourth-order valence-electron chi connectivity index (χ4n) is 3.91. The predicted octanol–water partition coefficient (Wildman–Crippen LogP) is 4.58. The van der Waals surface area contributed by atoms with Crippen LogP contribution in [0.3, 0.4) is 0 Å². The van der Waals surface area contributed by atoms with Crippen molar-refractivity contribution in [3.63, 3.8) is 0 Å². The van der Waals surface area contributed by atoms with Gasteiger partial charge in [0.25, 0.3) is 5.56 Å². The van der Waals surface area contributed by atoms with Gasteiger partial charge in [-0.2, -0.15) is 0 Å². The summed E-state index contributed by atoms with van der Waals surface area (Å²) < 4.78 is 0. The molecule has 1 aliphatic carbocycles. The standard InChI is InChI=1S/C22H25N3O2S2/c1-14-7-5-6-10-17(14)23-19(26)13-28-12-18-24-21(27)20-16(11-29-22(20)25-18)15-8-3-2-4-9-15/h2-4,8-9,11,14,17H,5-7,10,12-13H2,1H3,(H,23,26)(H,24,25,27)/t14-,17-/m1/s1. The van der Waals surface area contributed by atoms with Crippen LogP contribution in [0.15, 0.2) is 40.5 Å². The summed E-state index contributed by atoms with van der Waals surface area (Å²) in [5, 5.41) is 5.79. The van der Waals surface area contributed by atoms with Crippen LogP contribution in [0.1, 0.15) is 38.4 Å². The highest BCUT2D eigenvalue weighted by molar-refractivity contribution is 7.99. The number of H-pyrrole nitrogens is 1. The molecule has 0 radical (unpaired) electrons. The van der Waals surface area contributed by atoms with E-state index in [1.807, 2.05) is 35.7 Å². The van der Waals surface area contributed by atoms with Gasteiger partial charge in [-0.15, -0.1) is 23.1 Å². The number of hydrogen-bond donors (Lipinski definition) is 2. The summed E-state index contributed by atoms with van der Waals surface area (Å²) in [6.07, 6.45) is 4.72. The molecule has 2 aromatic heterocycles. The predicted molar refractivity (Wildman–Crippen MR) is 121 cm³/mol. The normalized spacial score (nSPS) is 19.3. The Kier molecular flexibility index (Phi) is 6.35. The maximum absolute atomic E-state index is 12.7. The second kappa shape index (κ2) is 9.13. The molecule has 0 bridgehead atoms. The third kappa shape index (κ3) is 4.73. The number of nitrogens with one attached hydrogen (secondary N) is 2. The van der Waals surface area contributed by atoms with E-state index in [1.165, 1.54) is 42.4 Å². The third-order valence-corrected chi connectivity index (χ3v) is 7.32. The number of nitrogens with zero attached hydrogens (tertiary/aromatic N) is 1. The lowest BCUT2D eigenvalue weighted by Gasteiger charge is -2.29. The summed E-state index contributed by atoms with van der Waals surface area (Å²) in [7, 11) is 0. The Morgan fingerprint density at radius 3 is 2.86 bits per heavy atom. The number of carbonyl (C=O) groups excluding carboxylic acids is 1. The first-order valence-corrected chi connectivity index (χ1v) is 12.1. The van der Waals surface area contributed by atoms with E-state index in [4.69, 9.17) is 0 Å². The number of benzene rings is 1. The van der Waals surface area contributed by atoms with E-state index in [-0.39, 0.29) is 11.5 Å². The van der Waals surface area contributed by atoms with Crippen LogP contribution in [0.25, 0.3) is 21.3 Å². The van der Waals surface area contributed by atoms with Gasteiger partial charge in [0.15, 0.2) is 0 Å². The molecule has 0 aliphatic heterocycles. The number of fused-ring (bicyclic) bond motifs is 1. The van der Waals surface area contributed by atoms with Crippen molar-refractivity contribution in [2.45, 2.75) is 44.4 Å². The molecule has 2 heterocycles. The fraction of sp³-hybridized carbons (Fsp3) is 0.409. The first-order valence-electron chi connectivity index (χ1n) is 10.0. The number of hydrogen-bond acceptors (Lipinski definition) is 5. The molecule has 2 atom stereocenters. The second-order valence-electron chi connectivity index (χ2n) is 7.64. The molecule has 1 aliphatic rings. The summed E-state index contributed by atoms with van der Waals surface area (Å²) in [5.41, 5.74) is 1.81. The van der Waals surface area contributed by atoms with Crippen molar-refractivity contribution in [1.82, 2.24) is 15.3 Å².